The van der Waals surface area contributed by atoms with Crippen molar-refractivity contribution in [3.05, 3.63) is 60.2 Å². The summed E-state index contributed by atoms with van der Waals surface area (Å²) in [6.07, 6.45) is 4.89. The van der Waals surface area contributed by atoms with Crippen molar-refractivity contribution in [3.8, 4) is 0 Å². The number of hydrogen-bond acceptors (Lipinski definition) is 0. The monoisotopic (exact) mass is 326 g/mol. The van der Waals surface area contributed by atoms with E-state index < -0.39 is 0 Å². The summed E-state index contributed by atoms with van der Waals surface area (Å²) in [6, 6.07) is 19.6. The van der Waals surface area contributed by atoms with Crippen LogP contribution in [0.5, 0.6) is 0 Å². The van der Waals surface area contributed by atoms with E-state index in [1.54, 1.807) is 0 Å². The summed E-state index contributed by atoms with van der Waals surface area (Å²) in [7, 11) is 0. The lowest BCUT2D eigenvalue weighted by Crippen LogP contribution is -1.90. The molecule has 0 unspecified atom stereocenters. The molecule has 0 aliphatic carbocycles. The number of nitrogens with one attached hydrogen (secondary N) is 2. The first-order valence-electron chi connectivity index (χ1n) is 9.29. The van der Waals surface area contributed by atoms with Crippen molar-refractivity contribution in [2.24, 2.45) is 0 Å². The first kappa shape index (κ1) is 14.6. The molecule has 5 rings (SSSR count). The normalized spacial score (nSPS) is 12.0. The Morgan fingerprint density at radius 1 is 0.720 bits per heavy atom. The van der Waals surface area contributed by atoms with Crippen molar-refractivity contribution in [1.82, 2.24) is 9.97 Å². The van der Waals surface area contributed by atoms with Crippen LogP contribution in [0.25, 0.3) is 43.6 Å². The van der Waals surface area contributed by atoms with E-state index in [4.69, 9.17) is 0 Å². The highest BCUT2D eigenvalue weighted by molar-refractivity contribution is 6.19. The predicted octanol–water partition coefficient (Wildman–Crippen LogP) is 6.69. The van der Waals surface area contributed by atoms with Gasteiger partial charge in [0.25, 0.3) is 0 Å². The third kappa shape index (κ3) is 2.17. The van der Waals surface area contributed by atoms with Gasteiger partial charge in [-0.05, 0) is 36.6 Å². The van der Waals surface area contributed by atoms with Crippen LogP contribution >= 0.6 is 0 Å². The molecule has 5 aromatic rings. The second-order valence-corrected chi connectivity index (χ2v) is 7.00. The SMILES string of the molecule is CCCCCc1c2[nH]c3ccccc3c2cc2[nH]c3ccccc3c12. The van der Waals surface area contributed by atoms with Crippen LogP contribution in [0.15, 0.2) is 54.6 Å². The fourth-order valence-electron chi connectivity index (χ4n) is 4.22. The van der Waals surface area contributed by atoms with E-state index in [0.29, 0.717) is 0 Å². The van der Waals surface area contributed by atoms with Crippen molar-refractivity contribution in [2.75, 3.05) is 0 Å². The van der Waals surface area contributed by atoms with Crippen LogP contribution in [0.3, 0.4) is 0 Å². The molecule has 0 bridgehead atoms. The number of benzene rings is 3. The van der Waals surface area contributed by atoms with Crippen molar-refractivity contribution in [3.63, 3.8) is 0 Å². The van der Waals surface area contributed by atoms with E-state index in [1.165, 1.54) is 68.4 Å². The second-order valence-electron chi connectivity index (χ2n) is 7.00. The number of hydrogen-bond donors (Lipinski definition) is 2. The van der Waals surface area contributed by atoms with Gasteiger partial charge in [-0.3, -0.25) is 0 Å². The fourth-order valence-corrected chi connectivity index (χ4v) is 4.22. The van der Waals surface area contributed by atoms with Gasteiger partial charge in [-0.25, -0.2) is 0 Å². The average Bonchev–Trinajstić information content (AvgIpc) is 3.19. The molecule has 0 radical (unpaired) electrons. The number of aromatic amines is 2. The Bertz CT molecular complexity index is 1200. The smallest absolute Gasteiger partial charge is 0.0505 e. The van der Waals surface area contributed by atoms with E-state index in [2.05, 4.69) is 71.5 Å². The summed E-state index contributed by atoms with van der Waals surface area (Å²) in [5.74, 6) is 0. The maximum absolute atomic E-state index is 3.71. The standard InChI is InChI=1S/C23H22N2/c1-2-3-4-11-17-22-16-10-6-8-13-20(16)24-21(22)14-18-15-9-5-7-12-19(15)25-23(17)18/h5-10,12-14,24-25H,2-4,11H2,1H3. The number of aryl methyl sites for hydroxylation is 1. The zero-order valence-corrected chi connectivity index (χ0v) is 14.5. The lowest BCUT2D eigenvalue weighted by Gasteiger charge is -2.07. The highest BCUT2D eigenvalue weighted by atomic mass is 14.7. The molecule has 0 aliphatic rings. The molecule has 0 fully saturated rings. The van der Waals surface area contributed by atoms with Gasteiger partial charge in [0, 0.05) is 38.1 Å². The highest BCUT2D eigenvalue weighted by Gasteiger charge is 2.15. The number of fused-ring (bicyclic) bond motifs is 6. The van der Waals surface area contributed by atoms with Crippen molar-refractivity contribution < 1.29 is 0 Å². The Balaban J connectivity index is 1.91. The maximum Gasteiger partial charge on any atom is 0.0505 e. The fraction of sp³-hybridized carbons (Fsp3) is 0.217. The zero-order chi connectivity index (χ0) is 16.8. The molecule has 0 spiro atoms. The summed E-state index contributed by atoms with van der Waals surface area (Å²) in [6.45, 7) is 2.27. The molecule has 0 amide bonds. The van der Waals surface area contributed by atoms with Crippen LogP contribution in [0.2, 0.25) is 0 Å². The molecular formula is C23H22N2. The molecule has 25 heavy (non-hydrogen) atoms. The summed E-state index contributed by atoms with van der Waals surface area (Å²) in [5.41, 5.74) is 6.49. The third-order valence-corrected chi connectivity index (χ3v) is 5.40. The molecule has 0 saturated carbocycles. The Labute approximate surface area is 146 Å². The highest BCUT2D eigenvalue weighted by Crippen LogP contribution is 2.37. The van der Waals surface area contributed by atoms with Gasteiger partial charge < -0.3 is 9.97 Å². The Kier molecular flexibility index (Phi) is 3.30. The van der Waals surface area contributed by atoms with E-state index in [0.717, 1.165) is 6.42 Å². The van der Waals surface area contributed by atoms with Crippen LogP contribution in [-0.4, -0.2) is 9.97 Å². The van der Waals surface area contributed by atoms with Crippen LogP contribution in [-0.2, 0) is 6.42 Å². The van der Waals surface area contributed by atoms with E-state index in [-0.39, 0.29) is 0 Å². The van der Waals surface area contributed by atoms with Crippen LogP contribution in [0.4, 0.5) is 0 Å². The van der Waals surface area contributed by atoms with Gasteiger partial charge in [0.1, 0.15) is 0 Å². The molecule has 2 aromatic heterocycles. The number of unbranched alkanes of at least 4 members (excludes halogenated alkanes) is 2. The van der Waals surface area contributed by atoms with Gasteiger partial charge in [-0.15, -0.1) is 0 Å². The topological polar surface area (TPSA) is 31.6 Å². The first-order valence-corrected chi connectivity index (χ1v) is 9.29. The number of rotatable bonds is 4. The molecule has 0 atom stereocenters. The van der Waals surface area contributed by atoms with E-state index in [9.17, 15) is 0 Å². The van der Waals surface area contributed by atoms with Crippen LogP contribution in [0, 0.1) is 0 Å². The minimum absolute atomic E-state index is 1.12. The predicted molar refractivity (Wildman–Crippen MR) is 108 cm³/mol. The van der Waals surface area contributed by atoms with Gasteiger partial charge >= 0.3 is 0 Å². The van der Waals surface area contributed by atoms with Gasteiger partial charge in [0.2, 0.25) is 0 Å². The molecule has 2 heteroatoms. The molecule has 3 aromatic carbocycles. The van der Waals surface area contributed by atoms with Crippen LogP contribution in [0.1, 0.15) is 31.7 Å². The Morgan fingerprint density at radius 3 is 2.24 bits per heavy atom. The first-order chi connectivity index (χ1) is 12.4. The number of para-hydroxylation sites is 2. The lowest BCUT2D eigenvalue weighted by molar-refractivity contribution is 0.721. The van der Waals surface area contributed by atoms with Crippen molar-refractivity contribution in [2.45, 2.75) is 32.6 Å². The average molecular weight is 326 g/mol. The minimum Gasteiger partial charge on any atom is -0.354 e. The molecule has 2 nitrogen and oxygen atoms in total. The lowest BCUT2D eigenvalue weighted by atomic mass is 9.97. The summed E-state index contributed by atoms with van der Waals surface area (Å²) in [5, 5.41) is 5.38. The van der Waals surface area contributed by atoms with Crippen molar-refractivity contribution >= 4 is 43.6 Å². The van der Waals surface area contributed by atoms with Crippen molar-refractivity contribution in [1.29, 1.82) is 0 Å². The minimum atomic E-state index is 1.12. The largest absolute Gasteiger partial charge is 0.354 e. The maximum atomic E-state index is 3.71. The second kappa shape index (κ2) is 5.66. The van der Waals surface area contributed by atoms with E-state index >= 15 is 0 Å². The summed E-state index contributed by atoms with van der Waals surface area (Å²) >= 11 is 0. The molecule has 124 valence electrons. The quantitative estimate of drug-likeness (QED) is 0.345. The Morgan fingerprint density at radius 2 is 1.44 bits per heavy atom. The van der Waals surface area contributed by atoms with E-state index in [1.807, 2.05) is 0 Å². The van der Waals surface area contributed by atoms with Gasteiger partial charge in [0.15, 0.2) is 0 Å². The third-order valence-electron chi connectivity index (χ3n) is 5.40. The number of H-pyrrole nitrogens is 2. The summed E-state index contributed by atoms with van der Waals surface area (Å²) in [4.78, 5) is 7.35. The Hall–Kier alpha value is -2.74. The molecule has 2 N–H and O–H groups in total. The molecule has 0 saturated heterocycles. The van der Waals surface area contributed by atoms with Gasteiger partial charge in [0.05, 0.1) is 5.52 Å². The molecule has 0 aliphatic heterocycles. The van der Waals surface area contributed by atoms with Gasteiger partial charge in [-0.2, -0.15) is 0 Å². The zero-order valence-electron chi connectivity index (χ0n) is 14.5. The van der Waals surface area contributed by atoms with Crippen LogP contribution < -0.4 is 0 Å². The molecule has 2 heterocycles. The summed E-state index contributed by atoms with van der Waals surface area (Å²) < 4.78 is 0. The molecular weight excluding hydrogens is 304 g/mol. The number of aromatic nitrogens is 2. The van der Waals surface area contributed by atoms with Gasteiger partial charge in [-0.1, -0.05) is 56.2 Å².